The maximum atomic E-state index is 12.7. The van der Waals surface area contributed by atoms with E-state index in [1.165, 1.54) is 0 Å². The Hall–Kier alpha value is -5.96. The van der Waals surface area contributed by atoms with Crippen LogP contribution in [-0.4, -0.2) is 24.3 Å². The molecule has 8 nitrogen and oxygen atoms in total. The van der Waals surface area contributed by atoms with Crippen LogP contribution in [0.1, 0.15) is 51.0 Å². The lowest BCUT2D eigenvalue weighted by molar-refractivity contribution is -0.150. The zero-order valence-corrected chi connectivity index (χ0v) is 34.9. The van der Waals surface area contributed by atoms with E-state index in [2.05, 4.69) is 0 Å². The number of esters is 2. The van der Waals surface area contributed by atoms with Crippen molar-refractivity contribution in [3.05, 3.63) is 143 Å². The number of nitrogens with zero attached hydrogens (tertiary/aromatic N) is 2. The molecule has 0 aromatic heterocycles. The summed E-state index contributed by atoms with van der Waals surface area (Å²) in [5.41, 5.74) is -0.743. The van der Waals surface area contributed by atoms with E-state index in [9.17, 15) is 46.5 Å². The van der Waals surface area contributed by atoms with Crippen LogP contribution in [0.4, 0.5) is 26.3 Å². The minimum absolute atomic E-state index is 0.392. The van der Waals surface area contributed by atoms with E-state index in [4.69, 9.17) is 42.1 Å². The molecule has 0 radical (unpaired) electrons. The van der Waals surface area contributed by atoms with Crippen molar-refractivity contribution in [3.63, 3.8) is 0 Å². The van der Waals surface area contributed by atoms with Gasteiger partial charge in [0, 0.05) is 11.1 Å². The summed E-state index contributed by atoms with van der Waals surface area (Å²) in [6.07, 6.45) is -10.1. The van der Waals surface area contributed by atoms with Gasteiger partial charge in [-0.3, -0.25) is 9.59 Å². The summed E-state index contributed by atoms with van der Waals surface area (Å²) >= 11 is 10.6. The summed E-state index contributed by atoms with van der Waals surface area (Å²) in [7, 11) is 0. The molecule has 2 aliphatic rings. The predicted octanol–water partition coefficient (Wildman–Crippen LogP) is 13.1. The fraction of sp³-hybridized carbons (Fsp3) is 0.304. The lowest BCUT2D eigenvalue weighted by Crippen LogP contribution is -2.14. The molecular formula is C46H38Cl2F6N2O6. The number of rotatable bonds is 12. The van der Waals surface area contributed by atoms with E-state index >= 15 is 0 Å². The van der Waals surface area contributed by atoms with E-state index in [1.807, 2.05) is 48.5 Å². The second-order valence-corrected chi connectivity index (χ2v) is 16.4. The third-order valence-corrected chi connectivity index (χ3v) is 11.2. The largest absolute Gasteiger partial charge is 0.457 e. The monoisotopic (exact) mass is 898 g/mol. The molecule has 0 heterocycles. The normalized spacial score (nSPS) is 21.0. The second kappa shape index (κ2) is 19.0. The Kier molecular flexibility index (Phi) is 14.4. The quantitative estimate of drug-likeness (QED) is 0.102. The Morgan fingerprint density at radius 2 is 0.903 bits per heavy atom. The Labute approximate surface area is 363 Å². The molecule has 4 aromatic rings. The average Bonchev–Trinajstić information content (AvgIpc) is 3.99. The van der Waals surface area contributed by atoms with Crippen LogP contribution in [0.3, 0.4) is 0 Å². The van der Waals surface area contributed by atoms with Crippen molar-refractivity contribution in [1.82, 2.24) is 0 Å². The van der Waals surface area contributed by atoms with Crippen molar-refractivity contribution in [3.8, 4) is 35.1 Å². The highest BCUT2D eigenvalue weighted by Crippen LogP contribution is 2.62. The zero-order chi connectivity index (χ0) is 45.6. The number of ether oxygens (including phenoxy) is 4. The minimum atomic E-state index is -4.68. The Morgan fingerprint density at radius 1 is 0.581 bits per heavy atom. The van der Waals surface area contributed by atoms with E-state index in [0.29, 0.717) is 34.1 Å². The van der Waals surface area contributed by atoms with Gasteiger partial charge in [0.05, 0.1) is 11.8 Å². The number of hydrogen-bond donors (Lipinski definition) is 0. The third kappa shape index (κ3) is 11.7. The number of carbonyl (C=O) groups is 2. The van der Waals surface area contributed by atoms with E-state index in [0.717, 1.165) is 12.2 Å². The van der Waals surface area contributed by atoms with Gasteiger partial charge >= 0.3 is 24.3 Å². The fourth-order valence-corrected chi connectivity index (χ4v) is 7.10. The van der Waals surface area contributed by atoms with Crippen LogP contribution in [0.15, 0.2) is 131 Å². The predicted molar refractivity (Wildman–Crippen MR) is 216 cm³/mol. The first kappa shape index (κ1) is 47.1. The number of para-hydroxylation sites is 2. The van der Waals surface area contributed by atoms with Crippen LogP contribution in [0, 0.1) is 57.2 Å². The highest BCUT2D eigenvalue weighted by molar-refractivity contribution is 6.30. The number of allylic oxidation sites excluding steroid dienone is 4. The van der Waals surface area contributed by atoms with E-state index in [-0.39, 0.29) is 0 Å². The SMILES string of the molecule is CC1(C)[C@H](/C=C(\Cl)C(F)(F)F)[C@@H]1C(=O)O[C@@H](C#N)c1cccc(Oc2ccccc2)c1.CC1(C)[C@H](C(=O)O[C@H](C#N)c2cccc(Oc3ccccc3)c2)[C@@H]1/C=C(\Cl)C(F)(F)F. The number of halogens is 8. The van der Waals surface area contributed by atoms with E-state index < -0.39 is 81.1 Å². The van der Waals surface area contributed by atoms with Gasteiger partial charge in [-0.2, -0.15) is 36.9 Å². The van der Waals surface area contributed by atoms with Gasteiger partial charge < -0.3 is 18.9 Å². The first-order valence-corrected chi connectivity index (χ1v) is 19.6. The van der Waals surface area contributed by atoms with Crippen LogP contribution in [0.5, 0.6) is 23.0 Å². The summed E-state index contributed by atoms with van der Waals surface area (Å²) < 4.78 is 98.5. The molecule has 0 bridgehead atoms. The molecule has 0 spiro atoms. The molecule has 324 valence electrons. The van der Waals surface area contributed by atoms with Crippen LogP contribution in [-0.2, 0) is 19.1 Å². The molecule has 2 fully saturated rings. The van der Waals surface area contributed by atoms with Crippen LogP contribution in [0.25, 0.3) is 0 Å². The van der Waals surface area contributed by atoms with Gasteiger partial charge in [-0.05, 0) is 71.2 Å². The number of benzene rings is 4. The summed E-state index contributed by atoms with van der Waals surface area (Å²) in [5.74, 6) is -2.54. The molecule has 0 saturated heterocycles. The van der Waals surface area contributed by atoms with Crippen molar-refractivity contribution in [1.29, 1.82) is 10.5 Å². The maximum absolute atomic E-state index is 12.7. The van der Waals surface area contributed by atoms with Crippen LogP contribution < -0.4 is 9.47 Å². The maximum Gasteiger partial charge on any atom is 0.426 e. The highest BCUT2D eigenvalue weighted by atomic mass is 35.5. The number of carbonyl (C=O) groups excluding carboxylic acids is 2. The molecule has 0 amide bonds. The van der Waals surface area contributed by atoms with Crippen LogP contribution >= 0.6 is 23.2 Å². The first-order valence-electron chi connectivity index (χ1n) is 18.8. The van der Waals surface area contributed by atoms with Gasteiger partial charge in [-0.25, -0.2) is 0 Å². The molecule has 0 aliphatic heterocycles. The topological polar surface area (TPSA) is 119 Å². The molecule has 62 heavy (non-hydrogen) atoms. The molecule has 6 atom stereocenters. The number of alkyl halides is 6. The van der Waals surface area contributed by atoms with Crippen molar-refractivity contribution >= 4 is 35.1 Å². The standard InChI is InChI=1S/2C23H19ClF3NO3/c2*1-22(2)17(12-19(24)23(25,26)27)20(22)21(29)31-18(13-28)14-7-6-10-16(11-14)30-15-8-4-3-5-9-15/h2*3-12,17-18,20H,1-2H3/b2*19-12-/t2*17-,18+,20-/m10/s1. The van der Waals surface area contributed by atoms with Gasteiger partial charge in [0.15, 0.2) is 0 Å². The molecule has 2 aliphatic carbocycles. The Morgan fingerprint density at radius 3 is 1.21 bits per heavy atom. The zero-order valence-electron chi connectivity index (χ0n) is 33.4. The molecule has 6 rings (SSSR count). The number of hydrogen-bond acceptors (Lipinski definition) is 8. The summed E-state index contributed by atoms with van der Waals surface area (Å²) in [4.78, 5) is 25.2. The van der Waals surface area contributed by atoms with Crippen molar-refractivity contribution in [2.45, 2.75) is 52.3 Å². The molecule has 0 N–H and O–H groups in total. The van der Waals surface area contributed by atoms with Crippen LogP contribution in [0.2, 0.25) is 0 Å². The van der Waals surface area contributed by atoms with Gasteiger partial charge in [0.1, 0.15) is 45.2 Å². The number of nitriles is 2. The smallest absolute Gasteiger partial charge is 0.426 e. The first-order chi connectivity index (χ1) is 29.1. The molecule has 0 unspecified atom stereocenters. The molecule has 2 saturated carbocycles. The van der Waals surface area contributed by atoms with Gasteiger partial charge in [0.2, 0.25) is 12.2 Å². The lowest BCUT2D eigenvalue weighted by atomic mass is 10.1. The lowest BCUT2D eigenvalue weighted by Gasteiger charge is -2.13. The van der Waals surface area contributed by atoms with Gasteiger partial charge in [-0.15, -0.1) is 0 Å². The second-order valence-electron chi connectivity index (χ2n) is 15.5. The van der Waals surface area contributed by atoms with Gasteiger partial charge in [0.25, 0.3) is 0 Å². The third-order valence-electron chi connectivity index (χ3n) is 10.5. The molecular weight excluding hydrogens is 861 g/mol. The summed E-state index contributed by atoms with van der Waals surface area (Å²) in [6, 6.07) is 34.9. The molecule has 4 aromatic carbocycles. The van der Waals surface area contributed by atoms with Gasteiger partial charge in [-0.1, -0.05) is 124 Å². The minimum Gasteiger partial charge on any atom is -0.457 e. The summed E-state index contributed by atoms with van der Waals surface area (Å²) in [5, 5.41) is 16.5. The Bertz CT molecular complexity index is 2220. The Balaban J connectivity index is 0.000000234. The highest BCUT2D eigenvalue weighted by Gasteiger charge is 2.63. The fourth-order valence-electron chi connectivity index (χ4n) is 6.83. The molecule has 16 heteroatoms. The van der Waals surface area contributed by atoms with E-state index in [1.54, 1.807) is 100 Å². The summed E-state index contributed by atoms with van der Waals surface area (Å²) in [6.45, 7) is 6.60. The van der Waals surface area contributed by atoms with Crippen molar-refractivity contribution in [2.24, 2.45) is 34.5 Å². The van der Waals surface area contributed by atoms with Crippen molar-refractivity contribution in [2.75, 3.05) is 0 Å². The average molecular weight is 900 g/mol. The van der Waals surface area contributed by atoms with Crippen molar-refractivity contribution < 1.29 is 54.9 Å².